The SMILES string of the molecule is NC#CC#CC#CC#CC#CC#CC#C[N+](=O)[O-]. The molecule has 4 nitrogen and oxygen atoms in total. The molecule has 0 saturated carbocycles. The van der Waals surface area contributed by atoms with Crippen molar-refractivity contribution >= 4 is 0 Å². The van der Waals surface area contributed by atoms with Gasteiger partial charge in [-0.2, -0.15) is 0 Å². The first kappa shape index (κ1) is 14.1. The van der Waals surface area contributed by atoms with Crippen molar-refractivity contribution in [2.45, 2.75) is 0 Å². The summed E-state index contributed by atoms with van der Waals surface area (Å²) in [5.74, 6) is 27.7. The van der Waals surface area contributed by atoms with Gasteiger partial charge >= 0.3 is 6.04 Å². The van der Waals surface area contributed by atoms with Gasteiger partial charge in [-0.15, -0.1) is 0 Å². The summed E-state index contributed by atoms with van der Waals surface area (Å²) in [4.78, 5) is 8.97. The molecule has 0 unspecified atom stereocenters. The lowest BCUT2D eigenvalue weighted by atomic mass is 10.5. The summed E-state index contributed by atoms with van der Waals surface area (Å²) in [6.07, 6.45) is 0. The van der Waals surface area contributed by atoms with E-state index in [1.807, 2.05) is 5.92 Å². The van der Waals surface area contributed by atoms with Crippen molar-refractivity contribution in [3.63, 3.8) is 0 Å². The van der Waals surface area contributed by atoms with Gasteiger partial charge in [-0.25, -0.2) is 10.1 Å². The van der Waals surface area contributed by atoms with Crippen LogP contribution in [0.15, 0.2) is 0 Å². The van der Waals surface area contributed by atoms with Gasteiger partial charge in [-0.3, -0.25) is 0 Å². The van der Waals surface area contributed by atoms with E-state index in [4.69, 9.17) is 5.73 Å². The van der Waals surface area contributed by atoms with E-state index in [1.54, 1.807) is 6.04 Å². The Morgan fingerprint density at radius 3 is 1.33 bits per heavy atom. The van der Waals surface area contributed by atoms with Gasteiger partial charge in [0, 0.05) is 71.2 Å². The highest BCUT2D eigenvalue weighted by molar-refractivity contribution is 5.44. The van der Waals surface area contributed by atoms with Gasteiger partial charge in [0.2, 0.25) is 0 Å². The fraction of sp³-hybridized carbons (Fsp3) is 0. The minimum Gasteiger partial charge on any atom is -0.359 e. The number of rotatable bonds is 0. The molecule has 0 saturated heterocycles. The lowest BCUT2D eigenvalue weighted by Gasteiger charge is -1.62. The molecular formula is C14H2N2O2. The highest BCUT2D eigenvalue weighted by Gasteiger charge is 1.76. The number of nitrogens with zero attached hydrogens (tertiary/aromatic N) is 1. The van der Waals surface area contributed by atoms with Crippen molar-refractivity contribution in [2.75, 3.05) is 0 Å². The number of nitrogens with two attached hydrogens (primary N) is 1. The third-order valence-electron chi connectivity index (χ3n) is 0.907. The van der Waals surface area contributed by atoms with Crippen molar-refractivity contribution < 1.29 is 4.92 Å². The summed E-state index contributed by atoms with van der Waals surface area (Å²) < 4.78 is 0. The maximum atomic E-state index is 9.76. The first-order chi connectivity index (χ1) is 8.77. The van der Waals surface area contributed by atoms with Crippen molar-refractivity contribution in [1.82, 2.24) is 0 Å². The van der Waals surface area contributed by atoms with E-state index in [9.17, 15) is 10.1 Å². The van der Waals surface area contributed by atoms with Crippen LogP contribution >= 0.6 is 0 Å². The molecule has 0 bridgehead atoms. The Hall–Kier alpha value is -3.88. The third-order valence-corrected chi connectivity index (χ3v) is 0.907. The summed E-state index contributed by atoms with van der Waals surface area (Å²) in [6, 6.07) is 3.71. The molecule has 0 rings (SSSR count). The standard InChI is InChI=1S/C14H2N2O2/c15-13-11-9-7-5-3-1-2-4-6-8-10-12-14-16(17)18/h15H2. The van der Waals surface area contributed by atoms with E-state index in [0.29, 0.717) is 0 Å². The molecule has 18 heavy (non-hydrogen) atoms. The molecule has 0 amide bonds. The zero-order valence-corrected chi connectivity index (χ0v) is 8.84. The summed E-state index contributed by atoms with van der Waals surface area (Å²) >= 11 is 0. The molecule has 0 fully saturated rings. The number of hydrogen-bond acceptors (Lipinski definition) is 3. The topological polar surface area (TPSA) is 69.2 Å². The first-order valence-corrected chi connectivity index (χ1v) is 4.13. The summed E-state index contributed by atoms with van der Waals surface area (Å²) in [5, 5.41) is 9.76. The Kier molecular flexibility index (Phi) is 8.78. The minimum atomic E-state index is -0.798. The average molecular weight is 230 g/mol. The smallest absolute Gasteiger partial charge is 0.304 e. The molecule has 0 aromatic carbocycles. The van der Waals surface area contributed by atoms with E-state index in [-0.39, 0.29) is 0 Å². The van der Waals surface area contributed by atoms with Crippen LogP contribution in [-0.2, 0) is 0 Å². The normalized spacial score (nSPS) is 4.44. The molecule has 80 valence electrons. The highest BCUT2D eigenvalue weighted by atomic mass is 16.6. The van der Waals surface area contributed by atoms with Gasteiger partial charge in [-0.05, 0) is 0 Å². The van der Waals surface area contributed by atoms with Crippen LogP contribution in [-0.4, -0.2) is 4.92 Å². The average Bonchev–Trinajstić information content (AvgIpc) is 2.34. The molecule has 0 aliphatic heterocycles. The maximum Gasteiger partial charge on any atom is 0.304 e. The van der Waals surface area contributed by atoms with Crippen LogP contribution in [0, 0.1) is 93.2 Å². The second-order valence-corrected chi connectivity index (χ2v) is 2.01. The van der Waals surface area contributed by atoms with E-state index >= 15 is 0 Å². The van der Waals surface area contributed by atoms with Gasteiger partial charge in [0.15, 0.2) is 0 Å². The van der Waals surface area contributed by atoms with E-state index < -0.39 is 4.92 Å². The number of nitro groups is 1. The molecule has 0 aliphatic rings. The molecule has 0 atom stereocenters. The zero-order chi connectivity index (χ0) is 13.5. The Labute approximate surface area is 104 Å². The van der Waals surface area contributed by atoms with Crippen molar-refractivity contribution in [3.05, 3.63) is 10.1 Å². The molecule has 0 aliphatic carbocycles. The molecule has 0 aromatic heterocycles. The van der Waals surface area contributed by atoms with Crippen LogP contribution < -0.4 is 5.73 Å². The molecule has 0 spiro atoms. The molecule has 0 aromatic rings. The predicted octanol–water partition coefficient (Wildman–Crippen LogP) is -0.839. The van der Waals surface area contributed by atoms with Gasteiger partial charge in [0.25, 0.3) is 0 Å². The summed E-state index contributed by atoms with van der Waals surface area (Å²) in [7, 11) is 0. The monoisotopic (exact) mass is 230 g/mol. The Morgan fingerprint density at radius 2 is 1.00 bits per heavy atom. The second kappa shape index (κ2) is 11.2. The maximum absolute atomic E-state index is 9.76. The van der Waals surface area contributed by atoms with Crippen LogP contribution in [0.4, 0.5) is 0 Å². The number of hydrogen-bond donors (Lipinski definition) is 1. The van der Waals surface area contributed by atoms with Gasteiger partial charge in [0.05, 0.1) is 5.92 Å². The highest BCUT2D eigenvalue weighted by Crippen LogP contribution is 1.59. The third kappa shape index (κ3) is 12.1. The predicted molar refractivity (Wildman–Crippen MR) is 65.6 cm³/mol. The van der Waals surface area contributed by atoms with Crippen LogP contribution in [0.5, 0.6) is 0 Å². The first-order valence-electron chi connectivity index (χ1n) is 4.13. The van der Waals surface area contributed by atoms with Gasteiger partial charge in [-0.1, -0.05) is 0 Å². The molecule has 0 heterocycles. The molecule has 4 heteroatoms. The largest absolute Gasteiger partial charge is 0.359 e. The van der Waals surface area contributed by atoms with Gasteiger partial charge in [0.1, 0.15) is 4.92 Å². The Balaban J connectivity index is 4.30. The Morgan fingerprint density at radius 1 is 0.667 bits per heavy atom. The van der Waals surface area contributed by atoms with Crippen molar-refractivity contribution in [1.29, 1.82) is 0 Å². The quantitative estimate of drug-likeness (QED) is 0.255. The zero-order valence-electron chi connectivity index (χ0n) is 8.84. The van der Waals surface area contributed by atoms with Crippen LogP contribution in [0.3, 0.4) is 0 Å². The molecule has 0 radical (unpaired) electrons. The summed E-state index contributed by atoms with van der Waals surface area (Å²) in [5.41, 5.74) is 4.86. The van der Waals surface area contributed by atoms with E-state index in [0.717, 1.165) is 0 Å². The van der Waals surface area contributed by atoms with Crippen LogP contribution in [0.2, 0.25) is 0 Å². The summed E-state index contributed by atoms with van der Waals surface area (Å²) in [6.45, 7) is 0. The van der Waals surface area contributed by atoms with Gasteiger partial charge < -0.3 is 5.73 Å². The van der Waals surface area contributed by atoms with Crippen LogP contribution in [0.25, 0.3) is 0 Å². The van der Waals surface area contributed by atoms with Crippen molar-refractivity contribution in [3.8, 4) is 83.1 Å². The lowest BCUT2D eigenvalue weighted by molar-refractivity contribution is -0.379. The minimum absolute atomic E-state index is 0.798. The van der Waals surface area contributed by atoms with E-state index in [2.05, 4.69) is 71.2 Å². The Bertz CT molecular complexity index is 757. The second-order valence-electron chi connectivity index (χ2n) is 2.01. The lowest BCUT2D eigenvalue weighted by Crippen LogP contribution is -1.81. The fourth-order valence-corrected chi connectivity index (χ4v) is 0.422. The van der Waals surface area contributed by atoms with E-state index in [1.165, 1.54) is 0 Å². The molecular weight excluding hydrogens is 228 g/mol. The fourth-order valence-electron chi connectivity index (χ4n) is 0.422. The molecule has 2 N–H and O–H groups in total. The van der Waals surface area contributed by atoms with Crippen LogP contribution in [0.1, 0.15) is 0 Å². The van der Waals surface area contributed by atoms with Crippen molar-refractivity contribution in [2.24, 2.45) is 5.73 Å².